The molecule has 0 aliphatic rings. The van der Waals surface area contributed by atoms with Gasteiger partial charge in [-0.05, 0) is 98.8 Å². The third-order valence-corrected chi connectivity index (χ3v) is 13.3. The van der Waals surface area contributed by atoms with E-state index in [2.05, 4.69) is 217 Å². The summed E-state index contributed by atoms with van der Waals surface area (Å²) in [6.07, 6.45) is 0. The van der Waals surface area contributed by atoms with Gasteiger partial charge >= 0.3 is 0 Å². The molecule has 0 N–H and O–H groups in total. The van der Waals surface area contributed by atoms with E-state index in [4.69, 9.17) is 4.42 Å². The van der Waals surface area contributed by atoms with Crippen molar-refractivity contribution in [3.63, 3.8) is 0 Å². The van der Waals surface area contributed by atoms with Crippen LogP contribution in [0, 0.1) is 0 Å². The van der Waals surface area contributed by atoms with Gasteiger partial charge in [-0.25, -0.2) is 0 Å². The van der Waals surface area contributed by atoms with E-state index in [0.29, 0.717) is 0 Å². The summed E-state index contributed by atoms with van der Waals surface area (Å²) in [5, 5.41) is 7.31. The highest BCUT2D eigenvalue weighted by atomic mass is 32.1. The van der Waals surface area contributed by atoms with Crippen molar-refractivity contribution in [3.8, 4) is 44.5 Å². The third kappa shape index (κ3) is 6.01. The summed E-state index contributed by atoms with van der Waals surface area (Å²) in [6, 6.07) is 81.3. The van der Waals surface area contributed by atoms with Crippen LogP contribution in [0.1, 0.15) is 0 Å². The Morgan fingerprint density at radius 3 is 1.80 bits per heavy atom. The van der Waals surface area contributed by atoms with E-state index in [1.165, 1.54) is 53.2 Å². The first kappa shape index (κ1) is 35.2. The molecule has 0 spiro atoms. The fourth-order valence-corrected chi connectivity index (χ4v) is 10.5. The van der Waals surface area contributed by atoms with Crippen LogP contribution in [0.2, 0.25) is 0 Å². The second-order valence-electron chi connectivity index (χ2n) is 15.6. The second kappa shape index (κ2) is 14.5. The van der Waals surface area contributed by atoms with Crippen LogP contribution in [0.5, 0.6) is 0 Å². The first-order valence-electron chi connectivity index (χ1n) is 20.7. The molecule has 0 radical (unpaired) electrons. The van der Waals surface area contributed by atoms with E-state index in [1.807, 2.05) is 23.5 Å². The van der Waals surface area contributed by atoms with Gasteiger partial charge in [-0.15, -0.1) is 11.3 Å². The number of hydrogen-bond acceptors (Lipinski definition) is 3. The maximum absolute atomic E-state index is 6.43. The quantitative estimate of drug-likeness (QED) is 0.160. The Morgan fingerprint density at radius 2 is 0.902 bits per heavy atom. The van der Waals surface area contributed by atoms with E-state index >= 15 is 0 Å². The lowest BCUT2D eigenvalue weighted by Crippen LogP contribution is -2.12. The van der Waals surface area contributed by atoms with Crippen molar-refractivity contribution in [2.24, 2.45) is 0 Å². The molecule has 2 nitrogen and oxygen atoms in total. The number of para-hydroxylation sites is 3. The largest absolute Gasteiger partial charge is 0.456 e. The highest BCUT2D eigenvalue weighted by Gasteiger charge is 2.22. The first-order chi connectivity index (χ1) is 30.2. The first-order valence-corrected chi connectivity index (χ1v) is 21.6. The zero-order valence-corrected chi connectivity index (χ0v) is 33.9. The molecule has 2 heterocycles. The van der Waals surface area contributed by atoms with Gasteiger partial charge in [-0.2, -0.15) is 0 Å². The minimum atomic E-state index is 0.879. The van der Waals surface area contributed by atoms with Crippen LogP contribution in [0.4, 0.5) is 17.1 Å². The standard InChI is InChI=1S/C58H37NOS/c1-2-21-44-38(15-1)16-13-27-47(44)48-23-4-8-30-54(48)59(53-29-7-3-22-45(53)42-33-34-50-49-24-5-9-31-55(49)60-56(50)37-42)43-20-12-18-40(36-43)39-17-11-19-41(35-39)46-26-14-28-52-51-25-6-10-32-57(51)61-58(46)52/h1-37H. The highest BCUT2D eigenvalue weighted by molar-refractivity contribution is 7.26. The molecule has 12 rings (SSSR count). The molecule has 0 aliphatic carbocycles. The summed E-state index contributed by atoms with van der Waals surface area (Å²) in [6.45, 7) is 0. The van der Waals surface area contributed by atoms with Crippen LogP contribution in [-0.2, 0) is 0 Å². The Hall–Kier alpha value is -7.72. The fraction of sp³-hybridized carbons (Fsp3) is 0. The van der Waals surface area contributed by atoms with Gasteiger partial charge in [-0.1, -0.05) is 170 Å². The van der Waals surface area contributed by atoms with Crippen molar-refractivity contribution < 1.29 is 4.42 Å². The van der Waals surface area contributed by atoms with Crippen molar-refractivity contribution in [2.75, 3.05) is 4.90 Å². The van der Waals surface area contributed by atoms with Crippen LogP contribution in [0.3, 0.4) is 0 Å². The van der Waals surface area contributed by atoms with Crippen LogP contribution in [-0.4, -0.2) is 0 Å². The molecule has 0 aliphatic heterocycles. The predicted molar refractivity (Wildman–Crippen MR) is 261 cm³/mol. The van der Waals surface area contributed by atoms with Crippen molar-refractivity contribution in [1.29, 1.82) is 0 Å². The molecule has 0 atom stereocenters. The Morgan fingerprint density at radius 1 is 0.328 bits per heavy atom. The van der Waals surface area contributed by atoms with Crippen molar-refractivity contribution in [3.05, 3.63) is 224 Å². The second-order valence-corrected chi connectivity index (χ2v) is 16.7. The average Bonchev–Trinajstić information content (AvgIpc) is 3.90. The lowest BCUT2D eigenvalue weighted by molar-refractivity contribution is 0.669. The van der Waals surface area contributed by atoms with Gasteiger partial charge in [0.15, 0.2) is 0 Å². The monoisotopic (exact) mass is 795 g/mol. The zero-order valence-electron chi connectivity index (χ0n) is 33.1. The van der Waals surface area contributed by atoms with Crippen LogP contribution < -0.4 is 4.90 Å². The zero-order chi connectivity index (χ0) is 40.3. The number of benzene rings is 10. The molecule has 0 saturated heterocycles. The summed E-state index contributed by atoms with van der Waals surface area (Å²) in [4.78, 5) is 2.45. The van der Waals surface area contributed by atoms with Crippen LogP contribution in [0.15, 0.2) is 229 Å². The fourth-order valence-electron chi connectivity index (χ4n) is 9.24. The highest BCUT2D eigenvalue weighted by Crippen LogP contribution is 2.47. The van der Waals surface area contributed by atoms with Gasteiger partial charge in [-0.3, -0.25) is 0 Å². The molecular weight excluding hydrogens is 759 g/mol. The van der Waals surface area contributed by atoms with E-state index in [-0.39, 0.29) is 0 Å². The summed E-state index contributed by atoms with van der Waals surface area (Å²) < 4.78 is 9.07. The Labute approximate surface area is 357 Å². The van der Waals surface area contributed by atoms with Gasteiger partial charge in [0.1, 0.15) is 11.2 Å². The molecule has 0 fully saturated rings. The number of anilines is 3. The molecule has 0 saturated carbocycles. The van der Waals surface area contributed by atoms with E-state index < -0.39 is 0 Å². The van der Waals surface area contributed by atoms with Gasteiger partial charge < -0.3 is 9.32 Å². The third-order valence-electron chi connectivity index (χ3n) is 12.1. The number of rotatable bonds is 7. The smallest absolute Gasteiger partial charge is 0.136 e. The average molecular weight is 796 g/mol. The molecule has 10 aromatic carbocycles. The molecule has 0 unspecified atom stereocenters. The molecule has 0 bridgehead atoms. The Balaban J connectivity index is 1.04. The number of fused-ring (bicyclic) bond motifs is 7. The molecule has 61 heavy (non-hydrogen) atoms. The number of furan rings is 1. The van der Waals surface area contributed by atoms with Crippen molar-refractivity contribution in [2.45, 2.75) is 0 Å². The minimum absolute atomic E-state index is 0.879. The topological polar surface area (TPSA) is 16.4 Å². The molecule has 0 amide bonds. The van der Waals surface area contributed by atoms with Crippen LogP contribution in [0.25, 0.3) is 97.4 Å². The molecule has 12 aromatic rings. The lowest BCUT2D eigenvalue weighted by Gasteiger charge is -2.30. The molecule has 2 aromatic heterocycles. The summed E-state index contributed by atoms with van der Waals surface area (Å²) in [5.74, 6) is 0. The normalized spacial score (nSPS) is 11.6. The Kier molecular flexibility index (Phi) is 8.39. The summed E-state index contributed by atoms with van der Waals surface area (Å²) in [7, 11) is 0. The summed E-state index contributed by atoms with van der Waals surface area (Å²) in [5.41, 5.74) is 14.4. The predicted octanol–water partition coefficient (Wildman–Crippen LogP) is 17.2. The van der Waals surface area contributed by atoms with Gasteiger partial charge in [0, 0.05) is 47.8 Å². The number of thiophene rings is 1. The van der Waals surface area contributed by atoms with Gasteiger partial charge in [0.2, 0.25) is 0 Å². The Bertz CT molecular complexity index is 3620. The van der Waals surface area contributed by atoms with E-state index in [0.717, 1.165) is 61.3 Å². The minimum Gasteiger partial charge on any atom is -0.456 e. The molecule has 286 valence electrons. The maximum Gasteiger partial charge on any atom is 0.136 e. The maximum atomic E-state index is 6.43. The lowest BCUT2D eigenvalue weighted by atomic mass is 9.94. The van der Waals surface area contributed by atoms with Gasteiger partial charge in [0.05, 0.1) is 11.4 Å². The summed E-state index contributed by atoms with van der Waals surface area (Å²) >= 11 is 1.87. The number of nitrogens with zero attached hydrogens (tertiary/aromatic N) is 1. The van der Waals surface area contributed by atoms with Crippen molar-refractivity contribution >= 4 is 81.3 Å². The van der Waals surface area contributed by atoms with E-state index in [1.54, 1.807) is 0 Å². The van der Waals surface area contributed by atoms with Gasteiger partial charge in [0.25, 0.3) is 0 Å². The van der Waals surface area contributed by atoms with Crippen LogP contribution >= 0.6 is 11.3 Å². The van der Waals surface area contributed by atoms with Crippen molar-refractivity contribution in [1.82, 2.24) is 0 Å². The van der Waals surface area contributed by atoms with E-state index in [9.17, 15) is 0 Å². The molecule has 3 heteroatoms. The SMILES string of the molecule is c1cc(-c2cccc(N(c3ccccc3-c3ccc4c(c3)oc3ccccc34)c3ccccc3-c3cccc4ccccc34)c2)cc(-c2cccc3c2sc2ccccc23)c1. The molecular formula is C58H37NOS. The number of hydrogen-bond donors (Lipinski definition) is 0.